The molecular weight excluding hydrogens is 494 g/mol. The van der Waals surface area contributed by atoms with Gasteiger partial charge in [-0.1, -0.05) is 72.8 Å². The molecule has 0 spiro atoms. The summed E-state index contributed by atoms with van der Waals surface area (Å²) in [5, 5.41) is 3.06. The fraction of sp³-hybridized carbons (Fsp3) is 0.176. The van der Waals surface area contributed by atoms with Gasteiger partial charge in [-0.15, -0.1) is 0 Å². The Morgan fingerprint density at radius 2 is 1.57 bits per heavy atom. The maximum atomic E-state index is 14.0. The lowest BCUT2D eigenvalue weighted by atomic mass is 9.49. The number of hydrogen-bond acceptors (Lipinski definition) is 3. The summed E-state index contributed by atoms with van der Waals surface area (Å²) in [6.07, 6.45) is 6.45. The number of fused-ring (bicyclic) bond motifs is 1. The number of imidazole rings is 1. The van der Waals surface area contributed by atoms with Crippen molar-refractivity contribution in [1.29, 1.82) is 0 Å². The molecule has 2 aromatic heterocycles. The highest BCUT2D eigenvalue weighted by Gasteiger charge is 2.64. The first-order valence-electron chi connectivity index (χ1n) is 13.4. The molecule has 0 aliphatic heterocycles. The van der Waals surface area contributed by atoms with Gasteiger partial charge in [-0.05, 0) is 46.9 Å². The molecule has 0 fully saturated rings. The van der Waals surface area contributed by atoms with Crippen molar-refractivity contribution in [2.75, 3.05) is 5.32 Å². The second-order valence-corrected chi connectivity index (χ2v) is 11.0. The number of carbonyl (C=O) groups is 1. The van der Waals surface area contributed by atoms with E-state index in [1.807, 2.05) is 43.3 Å². The van der Waals surface area contributed by atoms with Crippen molar-refractivity contribution in [2.24, 2.45) is 5.41 Å². The third-order valence-corrected chi connectivity index (χ3v) is 8.63. The predicted molar refractivity (Wildman–Crippen MR) is 155 cm³/mol. The minimum Gasteiger partial charge on any atom is -0.328 e. The molecule has 1 atom stereocenters. The quantitative estimate of drug-likeness (QED) is 0.252. The summed E-state index contributed by atoms with van der Waals surface area (Å²) in [4.78, 5) is 30.1. The normalized spacial score (nSPS) is 22.1. The average Bonchev–Trinajstić information content (AvgIpc) is 3.44. The zero-order valence-corrected chi connectivity index (χ0v) is 22.1. The standard InChI is InChI=1S/C34H27N5O/c1-33(21-34(35-2)28-9-5-3-7-26(28)30(33)27-8-4-6-10-29(27)34)31(40)39-32-37-20-25(38-32)19-22-11-13-23(14-12-22)24-15-17-36-18-16-24/h3-18,20,30H,19,21H2,1H3,(H2,37,38,39,40). The topological polar surface area (TPSA) is 75.0 Å². The van der Waals surface area contributed by atoms with Gasteiger partial charge < -0.3 is 4.98 Å². The van der Waals surface area contributed by atoms with Gasteiger partial charge in [0.05, 0.1) is 11.6 Å². The molecule has 3 aliphatic carbocycles. The van der Waals surface area contributed by atoms with Crippen LogP contribution >= 0.6 is 0 Å². The zero-order valence-electron chi connectivity index (χ0n) is 22.1. The highest BCUT2D eigenvalue weighted by molar-refractivity contribution is 5.96. The number of H-pyrrole nitrogens is 1. The summed E-state index contributed by atoms with van der Waals surface area (Å²) >= 11 is 0. The number of aromatic amines is 1. The number of rotatable bonds is 5. The van der Waals surface area contributed by atoms with Crippen molar-refractivity contribution in [1.82, 2.24) is 15.0 Å². The number of amides is 1. The van der Waals surface area contributed by atoms with E-state index in [1.54, 1.807) is 18.6 Å². The van der Waals surface area contributed by atoms with E-state index in [0.717, 1.165) is 44.6 Å². The molecule has 1 unspecified atom stereocenters. The molecule has 6 nitrogen and oxygen atoms in total. The smallest absolute Gasteiger partial charge is 0.284 e. The van der Waals surface area contributed by atoms with Crippen LogP contribution in [-0.2, 0) is 16.8 Å². The molecule has 194 valence electrons. The van der Waals surface area contributed by atoms with Crippen LogP contribution in [-0.4, -0.2) is 20.9 Å². The van der Waals surface area contributed by atoms with Gasteiger partial charge in [-0.25, -0.2) is 11.6 Å². The monoisotopic (exact) mass is 521 g/mol. The van der Waals surface area contributed by atoms with E-state index < -0.39 is 11.0 Å². The molecule has 5 aromatic rings. The fourth-order valence-electron chi connectivity index (χ4n) is 6.79. The van der Waals surface area contributed by atoms with E-state index in [9.17, 15) is 4.79 Å². The molecule has 0 saturated carbocycles. The maximum Gasteiger partial charge on any atom is 0.284 e. The molecule has 40 heavy (non-hydrogen) atoms. The average molecular weight is 522 g/mol. The Morgan fingerprint density at radius 1 is 0.950 bits per heavy atom. The van der Waals surface area contributed by atoms with E-state index >= 15 is 0 Å². The van der Waals surface area contributed by atoms with Crippen LogP contribution in [0.5, 0.6) is 0 Å². The Balaban J connectivity index is 1.14. The molecule has 0 saturated heterocycles. The second kappa shape index (κ2) is 9.03. The SMILES string of the molecule is [C-]#[N+]C12CC(C)(C(=O)Nc3ncc(Cc4ccc(-c5ccncc5)cc4)[nH]3)C(c3ccccc31)c1ccccc12. The van der Waals surface area contributed by atoms with Gasteiger partial charge in [0.25, 0.3) is 5.54 Å². The van der Waals surface area contributed by atoms with Gasteiger partial charge in [-0.2, -0.15) is 0 Å². The lowest BCUT2D eigenvalue weighted by molar-refractivity contribution is -0.127. The van der Waals surface area contributed by atoms with Gasteiger partial charge in [0, 0.05) is 48.0 Å². The van der Waals surface area contributed by atoms with Crippen molar-refractivity contribution in [3.05, 3.63) is 148 Å². The number of nitrogens with one attached hydrogen (secondary N) is 2. The summed E-state index contributed by atoms with van der Waals surface area (Å²) in [7, 11) is 0. The predicted octanol–water partition coefficient (Wildman–Crippen LogP) is 6.72. The van der Waals surface area contributed by atoms with Crippen LogP contribution < -0.4 is 5.32 Å². The number of hydrogen-bond donors (Lipinski definition) is 2. The number of nitrogens with zero attached hydrogens (tertiary/aromatic N) is 3. The number of pyridine rings is 1. The van der Waals surface area contributed by atoms with E-state index in [0.29, 0.717) is 18.8 Å². The molecule has 2 N–H and O–H groups in total. The second-order valence-electron chi connectivity index (χ2n) is 11.0. The van der Waals surface area contributed by atoms with Crippen LogP contribution in [0.1, 0.15) is 52.8 Å². The van der Waals surface area contributed by atoms with Crippen LogP contribution in [0.25, 0.3) is 16.0 Å². The first-order valence-corrected chi connectivity index (χ1v) is 13.4. The van der Waals surface area contributed by atoms with Crippen molar-refractivity contribution in [3.8, 4) is 11.1 Å². The van der Waals surface area contributed by atoms with E-state index in [2.05, 4.69) is 73.6 Å². The van der Waals surface area contributed by atoms with Crippen LogP contribution in [0.2, 0.25) is 0 Å². The van der Waals surface area contributed by atoms with E-state index in [-0.39, 0.29) is 11.8 Å². The number of benzene rings is 3. The van der Waals surface area contributed by atoms with Crippen molar-refractivity contribution in [2.45, 2.75) is 31.2 Å². The zero-order chi connectivity index (χ0) is 27.3. The molecular formula is C34H27N5O. The highest BCUT2D eigenvalue weighted by atomic mass is 16.2. The first kappa shape index (κ1) is 24.1. The Labute approximate surface area is 233 Å². The molecule has 0 radical (unpaired) electrons. The summed E-state index contributed by atoms with van der Waals surface area (Å²) in [6, 6.07) is 28.6. The van der Waals surface area contributed by atoms with Crippen molar-refractivity contribution in [3.63, 3.8) is 0 Å². The Kier molecular flexibility index (Phi) is 5.43. The molecule has 2 heterocycles. The maximum absolute atomic E-state index is 14.0. The molecule has 3 aromatic carbocycles. The summed E-state index contributed by atoms with van der Waals surface area (Å²) in [6.45, 7) is 10.3. The minimum absolute atomic E-state index is 0.128. The number of aromatic nitrogens is 3. The van der Waals surface area contributed by atoms with Crippen LogP contribution in [0.15, 0.2) is 104 Å². The van der Waals surface area contributed by atoms with Gasteiger partial charge >= 0.3 is 0 Å². The highest BCUT2D eigenvalue weighted by Crippen LogP contribution is 2.64. The fourth-order valence-corrected chi connectivity index (χ4v) is 6.79. The van der Waals surface area contributed by atoms with Crippen LogP contribution in [0, 0.1) is 12.0 Å². The largest absolute Gasteiger partial charge is 0.328 e. The van der Waals surface area contributed by atoms with Gasteiger partial charge in [0.15, 0.2) is 0 Å². The lowest BCUT2D eigenvalue weighted by Crippen LogP contribution is -2.53. The molecule has 1 amide bonds. The third kappa shape index (κ3) is 3.59. The molecule has 8 rings (SSSR count). The van der Waals surface area contributed by atoms with Crippen molar-refractivity contribution >= 4 is 11.9 Å². The van der Waals surface area contributed by atoms with E-state index in [1.165, 1.54) is 0 Å². The van der Waals surface area contributed by atoms with Gasteiger partial charge in [0.1, 0.15) is 0 Å². The van der Waals surface area contributed by atoms with Gasteiger partial charge in [0.2, 0.25) is 11.9 Å². The summed E-state index contributed by atoms with van der Waals surface area (Å²) < 4.78 is 0. The Morgan fingerprint density at radius 3 is 2.23 bits per heavy atom. The molecule has 6 heteroatoms. The third-order valence-electron chi connectivity index (χ3n) is 8.63. The summed E-state index contributed by atoms with van der Waals surface area (Å²) in [5.74, 6) is 0.156. The van der Waals surface area contributed by atoms with Crippen LogP contribution in [0.3, 0.4) is 0 Å². The Hall–Kier alpha value is -5.02. The number of anilines is 1. The molecule has 2 bridgehead atoms. The summed E-state index contributed by atoms with van der Waals surface area (Å²) in [5.41, 5.74) is 6.80. The minimum atomic E-state index is -0.884. The Bertz CT molecular complexity index is 1740. The number of carbonyl (C=O) groups excluding carboxylic acids is 1. The first-order chi connectivity index (χ1) is 19.5. The molecule has 3 aliphatic rings. The van der Waals surface area contributed by atoms with Gasteiger partial charge in [-0.3, -0.25) is 19.9 Å². The lowest BCUT2D eigenvalue weighted by Gasteiger charge is -2.51. The van der Waals surface area contributed by atoms with E-state index in [4.69, 9.17) is 6.57 Å². The van der Waals surface area contributed by atoms with Crippen molar-refractivity contribution < 1.29 is 4.79 Å². The van der Waals surface area contributed by atoms with Crippen LogP contribution in [0.4, 0.5) is 5.95 Å².